The predicted molar refractivity (Wildman–Crippen MR) is 74.7 cm³/mol. The third kappa shape index (κ3) is 4.52. The van der Waals surface area contributed by atoms with E-state index in [1.54, 1.807) is 5.38 Å². The highest BCUT2D eigenvalue weighted by atomic mass is 32.1. The minimum atomic E-state index is -0.448. The van der Waals surface area contributed by atoms with Crippen molar-refractivity contribution in [2.24, 2.45) is 11.8 Å². The van der Waals surface area contributed by atoms with Crippen LogP contribution < -0.4 is 5.32 Å². The van der Waals surface area contributed by atoms with Gasteiger partial charge in [0.1, 0.15) is 0 Å². The molecule has 1 aliphatic rings. The highest BCUT2D eigenvalue weighted by molar-refractivity contribution is 7.13. The Morgan fingerprint density at radius 3 is 2.81 bits per heavy atom. The Bertz CT molecular complexity index is 557. The van der Waals surface area contributed by atoms with E-state index in [0.29, 0.717) is 16.7 Å². The van der Waals surface area contributed by atoms with Crippen LogP contribution in [-0.2, 0) is 30.3 Å². The molecule has 21 heavy (non-hydrogen) atoms. The van der Waals surface area contributed by atoms with E-state index in [2.05, 4.69) is 15.0 Å². The summed E-state index contributed by atoms with van der Waals surface area (Å²) >= 11 is 1.19. The molecule has 1 aromatic heterocycles. The molecule has 0 unspecified atom stereocenters. The summed E-state index contributed by atoms with van der Waals surface area (Å²) in [5.74, 6) is -0.894. The summed E-state index contributed by atoms with van der Waals surface area (Å²) in [7, 11) is 1.30. The van der Waals surface area contributed by atoms with Crippen molar-refractivity contribution < 1.29 is 23.9 Å². The van der Waals surface area contributed by atoms with Crippen molar-refractivity contribution in [1.29, 1.82) is 0 Å². The van der Waals surface area contributed by atoms with Crippen molar-refractivity contribution in [1.82, 2.24) is 4.98 Å². The van der Waals surface area contributed by atoms with E-state index in [-0.39, 0.29) is 24.9 Å². The first-order valence-corrected chi connectivity index (χ1v) is 7.35. The number of amides is 1. The Balaban J connectivity index is 1.74. The lowest BCUT2D eigenvalue weighted by molar-refractivity contribution is -0.148. The number of aromatic nitrogens is 1. The number of carbonyl (C=O) groups excluding carboxylic acids is 3. The summed E-state index contributed by atoms with van der Waals surface area (Å²) in [6.07, 6.45) is 0.876. The van der Waals surface area contributed by atoms with Gasteiger partial charge in [0, 0.05) is 5.38 Å². The SMILES string of the molecule is COC(=O)Cc1csc(NC(=O)COC(=O)[C@@H]2C[C@H]2C)n1. The smallest absolute Gasteiger partial charge is 0.311 e. The number of hydrogen-bond acceptors (Lipinski definition) is 7. The molecule has 1 heterocycles. The van der Waals surface area contributed by atoms with E-state index in [1.807, 2.05) is 6.92 Å². The molecule has 0 radical (unpaired) electrons. The number of ether oxygens (including phenoxy) is 2. The number of rotatable bonds is 6. The summed E-state index contributed by atoms with van der Waals surface area (Å²) < 4.78 is 9.44. The monoisotopic (exact) mass is 312 g/mol. The Hall–Kier alpha value is -1.96. The molecule has 114 valence electrons. The third-order valence-corrected chi connectivity index (χ3v) is 3.92. The first-order chi connectivity index (χ1) is 9.99. The molecule has 2 rings (SSSR count). The molecular formula is C13H16N2O5S. The van der Waals surface area contributed by atoms with E-state index in [4.69, 9.17) is 4.74 Å². The molecule has 0 aromatic carbocycles. The van der Waals surface area contributed by atoms with Crippen LogP contribution in [0.2, 0.25) is 0 Å². The second kappa shape index (κ2) is 6.66. The van der Waals surface area contributed by atoms with Crippen LogP contribution in [0.5, 0.6) is 0 Å². The Kier molecular flexibility index (Phi) is 4.89. The van der Waals surface area contributed by atoms with Crippen LogP contribution in [0.1, 0.15) is 19.0 Å². The molecule has 0 bridgehead atoms. The predicted octanol–water partition coefficient (Wildman–Crippen LogP) is 0.996. The number of nitrogens with zero attached hydrogens (tertiary/aromatic N) is 1. The van der Waals surface area contributed by atoms with Gasteiger partial charge in [-0.25, -0.2) is 4.98 Å². The molecule has 7 nitrogen and oxygen atoms in total. The van der Waals surface area contributed by atoms with Crippen molar-refractivity contribution in [3.05, 3.63) is 11.1 Å². The zero-order valence-electron chi connectivity index (χ0n) is 11.8. The van der Waals surface area contributed by atoms with E-state index in [9.17, 15) is 14.4 Å². The molecular weight excluding hydrogens is 296 g/mol. The molecule has 1 aliphatic carbocycles. The minimum Gasteiger partial charge on any atom is -0.469 e. The van der Waals surface area contributed by atoms with Gasteiger partial charge in [0.15, 0.2) is 11.7 Å². The van der Waals surface area contributed by atoms with Crippen LogP contribution in [0.15, 0.2) is 5.38 Å². The molecule has 0 spiro atoms. The van der Waals surface area contributed by atoms with Crippen molar-refractivity contribution >= 4 is 34.3 Å². The maximum absolute atomic E-state index is 11.6. The molecule has 0 saturated heterocycles. The zero-order chi connectivity index (χ0) is 15.4. The number of thiazole rings is 1. The van der Waals surface area contributed by atoms with Crippen LogP contribution in [0.3, 0.4) is 0 Å². The number of anilines is 1. The molecule has 1 saturated carbocycles. The summed E-state index contributed by atoms with van der Waals surface area (Å²) in [4.78, 5) is 38.2. The van der Waals surface area contributed by atoms with E-state index in [0.717, 1.165) is 6.42 Å². The standard InChI is InChI=1S/C13H16N2O5S/c1-7-3-9(7)12(18)20-5-10(16)15-13-14-8(6-21-13)4-11(17)19-2/h6-7,9H,3-5H2,1-2H3,(H,14,15,16)/t7-,9-/m1/s1. The number of carbonyl (C=O) groups is 3. The third-order valence-electron chi connectivity index (χ3n) is 3.11. The fourth-order valence-corrected chi connectivity index (χ4v) is 2.44. The zero-order valence-corrected chi connectivity index (χ0v) is 12.6. The van der Waals surface area contributed by atoms with Gasteiger partial charge in [-0.15, -0.1) is 11.3 Å². The lowest BCUT2D eigenvalue weighted by atomic mass is 10.3. The van der Waals surface area contributed by atoms with Gasteiger partial charge in [-0.2, -0.15) is 0 Å². The van der Waals surface area contributed by atoms with Gasteiger partial charge in [0.25, 0.3) is 5.91 Å². The number of esters is 2. The van der Waals surface area contributed by atoms with Gasteiger partial charge in [-0.3, -0.25) is 19.7 Å². The first kappa shape index (κ1) is 15.4. The van der Waals surface area contributed by atoms with Crippen LogP contribution in [0, 0.1) is 11.8 Å². The Morgan fingerprint density at radius 1 is 1.48 bits per heavy atom. The highest BCUT2D eigenvalue weighted by Gasteiger charge is 2.40. The van der Waals surface area contributed by atoms with Crippen LogP contribution in [-0.4, -0.2) is 36.5 Å². The van der Waals surface area contributed by atoms with Gasteiger partial charge in [0.05, 0.1) is 25.1 Å². The lowest BCUT2D eigenvalue weighted by Gasteiger charge is -2.03. The van der Waals surface area contributed by atoms with Gasteiger partial charge >= 0.3 is 11.9 Å². The maximum Gasteiger partial charge on any atom is 0.311 e. The average molecular weight is 312 g/mol. The largest absolute Gasteiger partial charge is 0.469 e. The van der Waals surface area contributed by atoms with Crippen molar-refractivity contribution in [2.75, 3.05) is 19.0 Å². The van der Waals surface area contributed by atoms with Crippen molar-refractivity contribution in [3.63, 3.8) is 0 Å². The summed E-state index contributed by atoms with van der Waals surface area (Å²) in [6.45, 7) is 1.64. The number of hydrogen-bond donors (Lipinski definition) is 1. The van der Waals surface area contributed by atoms with E-state index >= 15 is 0 Å². The normalized spacial score (nSPS) is 19.7. The molecule has 1 N–H and O–H groups in total. The topological polar surface area (TPSA) is 94.6 Å². The number of nitrogens with one attached hydrogen (secondary N) is 1. The van der Waals surface area contributed by atoms with Crippen LogP contribution in [0.25, 0.3) is 0 Å². The molecule has 8 heteroatoms. The number of methoxy groups -OCH3 is 1. The van der Waals surface area contributed by atoms with Crippen molar-refractivity contribution in [3.8, 4) is 0 Å². The molecule has 1 fully saturated rings. The summed E-state index contributed by atoms with van der Waals surface area (Å²) in [5.41, 5.74) is 0.519. The van der Waals surface area contributed by atoms with Crippen LogP contribution in [0.4, 0.5) is 5.13 Å². The summed E-state index contributed by atoms with van der Waals surface area (Å²) in [5, 5.41) is 4.53. The van der Waals surface area contributed by atoms with E-state index in [1.165, 1.54) is 18.4 Å². The summed E-state index contributed by atoms with van der Waals surface area (Å²) in [6, 6.07) is 0. The molecule has 2 atom stereocenters. The first-order valence-electron chi connectivity index (χ1n) is 6.47. The van der Waals surface area contributed by atoms with Gasteiger partial charge in [-0.05, 0) is 12.3 Å². The Labute approximate surface area is 125 Å². The Morgan fingerprint density at radius 2 is 2.19 bits per heavy atom. The fourth-order valence-electron chi connectivity index (χ4n) is 1.72. The highest BCUT2D eigenvalue weighted by Crippen LogP contribution is 2.38. The van der Waals surface area contributed by atoms with Gasteiger partial charge in [0.2, 0.25) is 0 Å². The fraction of sp³-hybridized carbons (Fsp3) is 0.538. The van der Waals surface area contributed by atoms with Gasteiger partial charge < -0.3 is 9.47 Å². The maximum atomic E-state index is 11.6. The average Bonchev–Trinajstić information content (AvgIpc) is 3.03. The molecule has 1 aromatic rings. The van der Waals surface area contributed by atoms with E-state index < -0.39 is 11.9 Å². The molecule has 0 aliphatic heterocycles. The van der Waals surface area contributed by atoms with Crippen molar-refractivity contribution in [2.45, 2.75) is 19.8 Å². The van der Waals surface area contributed by atoms with Crippen LogP contribution >= 0.6 is 11.3 Å². The minimum absolute atomic E-state index is 0.0530. The van der Waals surface area contributed by atoms with Gasteiger partial charge in [-0.1, -0.05) is 6.92 Å². The molecule has 1 amide bonds. The lowest BCUT2D eigenvalue weighted by Crippen LogP contribution is -2.21. The second-order valence-electron chi connectivity index (χ2n) is 4.87. The quantitative estimate of drug-likeness (QED) is 0.787. The second-order valence-corrected chi connectivity index (χ2v) is 5.73.